The number of hydrogen-bond acceptors (Lipinski definition) is 3. The Kier molecular flexibility index (Phi) is 4.21. The first-order valence-corrected chi connectivity index (χ1v) is 6.91. The SMILES string of the molecule is CCC(OC)C(=O)C1CCOC2(CCCC2)C1. The second-order valence-corrected chi connectivity index (χ2v) is 5.46. The topological polar surface area (TPSA) is 35.5 Å². The second-order valence-electron chi connectivity index (χ2n) is 5.46. The van der Waals surface area contributed by atoms with Crippen molar-refractivity contribution in [3.05, 3.63) is 0 Å². The molecule has 98 valence electrons. The van der Waals surface area contributed by atoms with Gasteiger partial charge < -0.3 is 9.47 Å². The lowest BCUT2D eigenvalue weighted by Crippen LogP contribution is -2.42. The fraction of sp³-hybridized carbons (Fsp3) is 0.929. The monoisotopic (exact) mass is 240 g/mol. The third-order valence-corrected chi connectivity index (χ3v) is 4.38. The molecule has 2 unspecified atom stereocenters. The third kappa shape index (κ3) is 2.71. The molecule has 0 amide bonds. The van der Waals surface area contributed by atoms with Gasteiger partial charge in [-0.2, -0.15) is 0 Å². The van der Waals surface area contributed by atoms with Gasteiger partial charge in [-0.05, 0) is 32.1 Å². The van der Waals surface area contributed by atoms with Crippen LogP contribution in [0.1, 0.15) is 51.9 Å². The van der Waals surface area contributed by atoms with E-state index >= 15 is 0 Å². The molecule has 1 aliphatic carbocycles. The summed E-state index contributed by atoms with van der Waals surface area (Å²) in [5, 5.41) is 0. The van der Waals surface area contributed by atoms with Crippen LogP contribution < -0.4 is 0 Å². The highest BCUT2D eigenvalue weighted by Crippen LogP contribution is 2.42. The van der Waals surface area contributed by atoms with E-state index in [4.69, 9.17) is 9.47 Å². The Hall–Kier alpha value is -0.410. The maximum Gasteiger partial charge on any atom is 0.164 e. The fourth-order valence-corrected chi connectivity index (χ4v) is 3.39. The molecule has 3 heteroatoms. The van der Waals surface area contributed by atoms with Crippen LogP contribution in [-0.2, 0) is 14.3 Å². The molecular weight excluding hydrogens is 216 g/mol. The highest BCUT2D eigenvalue weighted by molar-refractivity contribution is 5.85. The molecule has 1 heterocycles. The zero-order valence-electron chi connectivity index (χ0n) is 11.0. The first-order valence-electron chi connectivity index (χ1n) is 6.91. The first-order chi connectivity index (χ1) is 8.21. The number of Topliss-reactive ketones (excluding diaryl/α,β-unsaturated/α-hetero) is 1. The van der Waals surface area contributed by atoms with E-state index in [-0.39, 0.29) is 17.6 Å². The Morgan fingerprint density at radius 3 is 2.76 bits per heavy atom. The highest BCUT2D eigenvalue weighted by atomic mass is 16.5. The number of carbonyl (C=O) groups is 1. The summed E-state index contributed by atoms with van der Waals surface area (Å²) in [6, 6.07) is 0. The van der Waals surface area contributed by atoms with Crippen molar-refractivity contribution in [2.45, 2.75) is 63.6 Å². The van der Waals surface area contributed by atoms with E-state index in [2.05, 4.69) is 0 Å². The lowest BCUT2D eigenvalue weighted by atomic mass is 9.81. The Labute approximate surface area is 104 Å². The summed E-state index contributed by atoms with van der Waals surface area (Å²) in [4.78, 5) is 12.3. The summed E-state index contributed by atoms with van der Waals surface area (Å²) in [7, 11) is 1.64. The molecule has 0 aromatic rings. The number of hydrogen-bond donors (Lipinski definition) is 0. The molecule has 2 rings (SSSR count). The minimum absolute atomic E-state index is 0.0324. The smallest absolute Gasteiger partial charge is 0.164 e. The largest absolute Gasteiger partial charge is 0.375 e. The molecule has 2 fully saturated rings. The number of carbonyl (C=O) groups excluding carboxylic acids is 1. The lowest BCUT2D eigenvalue weighted by molar-refractivity contribution is -0.145. The van der Waals surface area contributed by atoms with Gasteiger partial charge in [-0.1, -0.05) is 19.8 Å². The Bertz CT molecular complexity index is 265. The average molecular weight is 240 g/mol. The van der Waals surface area contributed by atoms with Crippen molar-refractivity contribution in [3.63, 3.8) is 0 Å². The molecule has 0 bridgehead atoms. The standard InChI is InChI=1S/C14H24O3/c1-3-12(16-2)13(15)11-6-9-17-14(10-11)7-4-5-8-14/h11-12H,3-10H2,1-2H3. The maximum atomic E-state index is 12.3. The van der Waals surface area contributed by atoms with Crippen molar-refractivity contribution in [2.24, 2.45) is 5.92 Å². The van der Waals surface area contributed by atoms with E-state index in [0.717, 1.165) is 38.7 Å². The van der Waals surface area contributed by atoms with Crippen LogP contribution in [0, 0.1) is 5.92 Å². The van der Waals surface area contributed by atoms with Crippen molar-refractivity contribution < 1.29 is 14.3 Å². The van der Waals surface area contributed by atoms with Crippen LogP contribution in [0.25, 0.3) is 0 Å². The molecule has 17 heavy (non-hydrogen) atoms. The number of methoxy groups -OCH3 is 1. The summed E-state index contributed by atoms with van der Waals surface area (Å²) >= 11 is 0. The van der Waals surface area contributed by atoms with Gasteiger partial charge in [0, 0.05) is 19.6 Å². The Balaban J connectivity index is 1.99. The van der Waals surface area contributed by atoms with E-state index in [0.29, 0.717) is 5.78 Å². The van der Waals surface area contributed by atoms with Crippen LogP contribution in [0.3, 0.4) is 0 Å². The predicted molar refractivity (Wildman–Crippen MR) is 66.0 cm³/mol. The zero-order chi connectivity index (χ0) is 12.3. The van der Waals surface area contributed by atoms with Gasteiger partial charge in [0.05, 0.1) is 5.60 Å². The van der Waals surface area contributed by atoms with Gasteiger partial charge in [-0.3, -0.25) is 4.79 Å². The molecule has 2 aliphatic rings. The average Bonchev–Trinajstić information content (AvgIpc) is 2.78. The van der Waals surface area contributed by atoms with Gasteiger partial charge in [-0.25, -0.2) is 0 Å². The lowest BCUT2D eigenvalue weighted by Gasteiger charge is -2.38. The summed E-state index contributed by atoms with van der Waals surface area (Å²) in [5.41, 5.74) is 0.0324. The van der Waals surface area contributed by atoms with Crippen LogP contribution in [0.5, 0.6) is 0 Å². The predicted octanol–water partition coefficient (Wildman–Crippen LogP) is 2.72. The number of ketones is 1. The van der Waals surface area contributed by atoms with E-state index in [1.807, 2.05) is 6.92 Å². The summed E-state index contributed by atoms with van der Waals surface area (Å²) in [5.74, 6) is 0.455. The molecule has 1 spiro atoms. The second kappa shape index (κ2) is 5.49. The maximum absolute atomic E-state index is 12.3. The van der Waals surface area contributed by atoms with Crippen molar-refractivity contribution in [1.29, 1.82) is 0 Å². The zero-order valence-corrected chi connectivity index (χ0v) is 11.0. The molecule has 0 N–H and O–H groups in total. The van der Waals surface area contributed by atoms with Crippen LogP contribution in [-0.4, -0.2) is 31.2 Å². The Morgan fingerprint density at radius 2 is 2.18 bits per heavy atom. The van der Waals surface area contributed by atoms with Gasteiger partial charge in [0.1, 0.15) is 6.10 Å². The molecule has 0 aromatic heterocycles. The minimum atomic E-state index is -0.212. The molecular formula is C14H24O3. The van der Waals surface area contributed by atoms with Crippen molar-refractivity contribution in [3.8, 4) is 0 Å². The molecule has 1 aliphatic heterocycles. The highest BCUT2D eigenvalue weighted by Gasteiger charge is 2.42. The summed E-state index contributed by atoms with van der Waals surface area (Å²) < 4.78 is 11.2. The van der Waals surface area contributed by atoms with E-state index in [1.54, 1.807) is 7.11 Å². The summed E-state index contributed by atoms with van der Waals surface area (Å²) in [6.07, 6.45) is 7.15. The van der Waals surface area contributed by atoms with Gasteiger partial charge in [0.15, 0.2) is 5.78 Å². The molecule has 1 saturated heterocycles. The first kappa shape index (κ1) is 13.0. The molecule has 0 aromatic carbocycles. The number of ether oxygens (including phenoxy) is 2. The van der Waals surface area contributed by atoms with Gasteiger partial charge in [0.2, 0.25) is 0 Å². The molecule has 3 nitrogen and oxygen atoms in total. The van der Waals surface area contributed by atoms with E-state index in [9.17, 15) is 4.79 Å². The van der Waals surface area contributed by atoms with E-state index < -0.39 is 0 Å². The molecule has 1 saturated carbocycles. The minimum Gasteiger partial charge on any atom is -0.375 e. The number of rotatable bonds is 4. The normalized spacial score (nSPS) is 29.4. The third-order valence-electron chi connectivity index (χ3n) is 4.38. The van der Waals surface area contributed by atoms with Crippen LogP contribution in [0.2, 0.25) is 0 Å². The van der Waals surface area contributed by atoms with Crippen molar-refractivity contribution >= 4 is 5.78 Å². The van der Waals surface area contributed by atoms with Crippen LogP contribution >= 0.6 is 0 Å². The quantitative estimate of drug-likeness (QED) is 0.758. The molecule has 2 atom stereocenters. The fourth-order valence-electron chi connectivity index (χ4n) is 3.39. The summed E-state index contributed by atoms with van der Waals surface area (Å²) in [6.45, 7) is 2.76. The Morgan fingerprint density at radius 1 is 1.47 bits per heavy atom. The molecule has 0 radical (unpaired) electrons. The van der Waals surface area contributed by atoms with Gasteiger partial charge >= 0.3 is 0 Å². The van der Waals surface area contributed by atoms with Crippen molar-refractivity contribution in [1.82, 2.24) is 0 Å². The van der Waals surface area contributed by atoms with Gasteiger partial charge in [0.25, 0.3) is 0 Å². The van der Waals surface area contributed by atoms with Gasteiger partial charge in [-0.15, -0.1) is 0 Å². The van der Waals surface area contributed by atoms with Crippen molar-refractivity contribution in [2.75, 3.05) is 13.7 Å². The van der Waals surface area contributed by atoms with Crippen LogP contribution in [0.4, 0.5) is 0 Å². The van der Waals surface area contributed by atoms with Crippen LogP contribution in [0.15, 0.2) is 0 Å². The van der Waals surface area contributed by atoms with E-state index in [1.165, 1.54) is 12.8 Å².